The molecule has 0 aliphatic carbocycles. The first-order valence-corrected chi connectivity index (χ1v) is 6.28. The molecule has 0 unspecified atom stereocenters. The van der Waals surface area contributed by atoms with E-state index in [1.165, 1.54) is 64.8 Å². The summed E-state index contributed by atoms with van der Waals surface area (Å²) in [5.41, 5.74) is 0.685. The van der Waals surface area contributed by atoms with Crippen LogP contribution in [0.15, 0.2) is 0 Å². The number of unbranched alkanes of at least 4 members (excludes halogenated alkanes) is 2. The number of likely N-dealkylation sites (tertiary alicyclic amines) is 1. The zero-order valence-electron chi connectivity index (χ0n) is 9.52. The zero-order chi connectivity index (χ0) is 9.86. The molecule has 2 nitrogen and oxygen atoms in total. The number of rotatable bonds is 4. The fourth-order valence-corrected chi connectivity index (χ4v) is 2.95. The van der Waals surface area contributed by atoms with Gasteiger partial charge in [0.15, 0.2) is 0 Å². The molecular weight excluding hydrogens is 172 g/mol. The molecule has 1 N–H and O–H groups in total. The maximum Gasteiger partial charge on any atom is 0.00827 e. The minimum atomic E-state index is 0.685. The lowest BCUT2D eigenvalue weighted by atomic mass is 9.74. The van der Waals surface area contributed by atoms with Gasteiger partial charge < -0.3 is 10.2 Å². The molecule has 0 amide bonds. The van der Waals surface area contributed by atoms with Crippen LogP contribution in [0.2, 0.25) is 0 Å². The first-order valence-electron chi connectivity index (χ1n) is 6.28. The summed E-state index contributed by atoms with van der Waals surface area (Å²) in [6.45, 7) is 8.88. The van der Waals surface area contributed by atoms with Gasteiger partial charge in [-0.3, -0.25) is 0 Å². The Bertz CT molecular complexity index is 165. The summed E-state index contributed by atoms with van der Waals surface area (Å²) in [6.07, 6.45) is 7.01. The van der Waals surface area contributed by atoms with Crippen LogP contribution in [-0.4, -0.2) is 37.6 Å². The predicted octanol–water partition coefficient (Wildman–Crippen LogP) is 1.86. The summed E-state index contributed by atoms with van der Waals surface area (Å²) in [5.74, 6) is 0. The van der Waals surface area contributed by atoms with Gasteiger partial charge in [-0.25, -0.2) is 0 Å². The highest BCUT2D eigenvalue weighted by Crippen LogP contribution is 2.36. The van der Waals surface area contributed by atoms with E-state index in [9.17, 15) is 0 Å². The van der Waals surface area contributed by atoms with E-state index >= 15 is 0 Å². The van der Waals surface area contributed by atoms with Crippen LogP contribution >= 0.6 is 0 Å². The van der Waals surface area contributed by atoms with Crippen LogP contribution < -0.4 is 5.32 Å². The van der Waals surface area contributed by atoms with E-state index in [4.69, 9.17) is 0 Å². The fourth-order valence-electron chi connectivity index (χ4n) is 2.95. The normalized spacial score (nSPS) is 26.4. The van der Waals surface area contributed by atoms with Gasteiger partial charge in [-0.05, 0) is 32.4 Å². The Balaban J connectivity index is 1.62. The molecule has 2 aliphatic heterocycles. The molecule has 82 valence electrons. The number of nitrogens with one attached hydrogen (secondary N) is 1. The maximum atomic E-state index is 3.54. The average molecular weight is 196 g/mol. The van der Waals surface area contributed by atoms with Crippen LogP contribution in [0.1, 0.15) is 39.0 Å². The van der Waals surface area contributed by atoms with Crippen molar-refractivity contribution >= 4 is 0 Å². The third kappa shape index (κ3) is 2.29. The van der Waals surface area contributed by atoms with Crippen molar-refractivity contribution in [3.05, 3.63) is 0 Å². The van der Waals surface area contributed by atoms with Gasteiger partial charge in [0.1, 0.15) is 0 Å². The summed E-state index contributed by atoms with van der Waals surface area (Å²) in [4.78, 5) is 2.64. The summed E-state index contributed by atoms with van der Waals surface area (Å²) < 4.78 is 0. The van der Waals surface area contributed by atoms with Gasteiger partial charge in [0.05, 0.1) is 0 Å². The topological polar surface area (TPSA) is 15.3 Å². The van der Waals surface area contributed by atoms with Crippen molar-refractivity contribution in [3.63, 3.8) is 0 Å². The van der Waals surface area contributed by atoms with Crippen molar-refractivity contribution in [1.82, 2.24) is 10.2 Å². The minimum absolute atomic E-state index is 0.685. The Kier molecular flexibility index (Phi) is 3.45. The standard InChI is InChI=1S/C12H24N2/c1-2-3-4-8-14-10-12(11-14)6-5-7-13-9-12/h13H,2-11H2,1H3. The first kappa shape index (κ1) is 10.4. The van der Waals surface area contributed by atoms with Crippen LogP contribution in [0.4, 0.5) is 0 Å². The highest BCUT2D eigenvalue weighted by atomic mass is 15.2. The van der Waals surface area contributed by atoms with Crippen LogP contribution in [0.3, 0.4) is 0 Å². The summed E-state index contributed by atoms with van der Waals surface area (Å²) in [6, 6.07) is 0. The molecule has 2 heteroatoms. The highest BCUT2D eigenvalue weighted by Gasteiger charge is 2.42. The summed E-state index contributed by atoms with van der Waals surface area (Å²) in [5, 5.41) is 3.54. The highest BCUT2D eigenvalue weighted by molar-refractivity contribution is 4.98. The zero-order valence-corrected chi connectivity index (χ0v) is 9.52. The summed E-state index contributed by atoms with van der Waals surface area (Å²) >= 11 is 0. The molecule has 0 atom stereocenters. The number of nitrogens with zero attached hydrogens (tertiary/aromatic N) is 1. The van der Waals surface area contributed by atoms with Gasteiger partial charge in [-0.15, -0.1) is 0 Å². The van der Waals surface area contributed by atoms with E-state index in [2.05, 4.69) is 17.1 Å². The summed E-state index contributed by atoms with van der Waals surface area (Å²) in [7, 11) is 0. The molecule has 2 fully saturated rings. The molecule has 2 rings (SSSR count). The van der Waals surface area contributed by atoms with Crippen molar-refractivity contribution in [2.75, 3.05) is 32.7 Å². The van der Waals surface area contributed by atoms with E-state index in [-0.39, 0.29) is 0 Å². The Morgan fingerprint density at radius 2 is 2.14 bits per heavy atom. The van der Waals surface area contributed by atoms with E-state index in [0.717, 1.165) is 0 Å². The van der Waals surface area contributed by atoms with Crippen LogP contribution in [0, 0.1) is 5.41 Å². The molecule has 0 aromatic carbocycles. The SMILES string of the molecule is CCCCCN1CC2(CCCNC2)C1. The Labute approximate surface area is 88.1 Å². The number of piperidine rings is 1. The Morgan fingerprint density at radius 3 is 2.79 bits per heavy atom. The van der Waals surface area contributed by atoms with E-state index in [1.54, 1.807) is 0 Å². The second-order valence-electron chi connectivity index (χ2n) is 5.20. The van der Waals surface area contributed by atoms with Gasteiger partial charge in [-0.2, -0.15) is 0 Å². The minimum Gasteiger partial charge on any atom is -0.316 e. The molecule has 0 bridgehead atoms. The molecule has 1 spiro atoms. The molecule has 2 saturated heterocycles. The van der Waals surface area contributed by atoms with Crippen molar-refractivity contribution in [3.8, 4) is 0 Å². The second-order valence-corrected chi connectivity index (χ2v) is 5.20. The molecular formula is C12H24N2. The molecule has 0 aromatic heterocycles. The lowest BCUT2D eigenvalue weighted by Gasteiger charge is -2.52. The van der Waals surface area contributed by atoms with Crippen molar-refractivity contribution in [1.29, 1.82) is 0 Å². The quantitative estimate of drug-likeness (QED) is 0.690. The van der Waals surface area contributed by atoms with Gasteiger partial charge in [0.25, 0.3) is 0 Å². The average Bonchev–Trinajstić information content (AvgIpc) is 2.17. The van der Waals surface area contributed by atoms with Gasteiger partial charge in [0, 0.05) is 25.0 Å². The van der Waals surface area contributed by atoms with Crippen molar-refractivity contribution < 1.29 is 0 Å². The Morgan fingerprint density at radius 1 is 1.29 bits per heavy atom. The molecule has 0 radical (unpaired) electrons. The van der Waals surface area contributed by atoms with E-state index < -0.39 is 0 Å². The second kappa shape index (κ2) is 4.63. The van der Waals surface area contributed by atoms with E-state index in [0.29, 0.717) is 5.41 Å². The predicted molar refractivity (Wildman–Crippen MR) is 60.5 cm³/mol. The van der Waals surface area contributed by atoms with Crippen LogP contribution in [0.25, 0.3) is 0 Å². The molecule has 2 heterocycles. The van der Waals surface area contributed by atoms with Crippen molar-refractivity contribution in [2.45, 2.75) is 39.0 Å². The third-order valence-corrected chi connectivity index (χ3v) is 3.76. The molecule has 0 saturated carbocycles. The van der Waals surface area contributed by atoms with Crippen molar-refractivity contribution in [2.24, 2.45) is 5.41 Å². The third-order valence-electron chi connectivity index (χ3n) is 3.76. The fraction of sp³-hybridized carbons (Fsp3) is 1.00. The van der Waals surface area contributed by atoms with E-state index in [1.807, 2.05) is 0 Å². The number of hydrogen-bond acceptors (Lipinski definition) is 2. The molecule has 14 heavy (non-hydrogen) atoms. The Hall–Kier alpha value is -0.0800. The largest absolute Gasteiger partial charge is 0.316 e. The van der Waals surface area contributed by atoms with Crippen LogP contribution in [0.5, 0.6) is 0 Å². The van der Waals surface area contributed by atoms with Gasteiger partial charge in [0.2, 0.25) is 0 Å². The lowest BCUT2D eigenvalue weighted by Crippen LogP contribution is -2.62. The smallest absolute Gasteiger partial charge is 0.00827 e. The maximum absolute atomic E-state index is 3.54. The number of hydrogen-bond donors (Lipinski definition) is 1. The van der Waals surface area contributed by atoms with Crippen LogP contribution in [-0.2, 0) is 0 Å². The first-order chi connectivity index (χ1) is 6.85. The van der Waals surface area contributed by atoms with Gasteiger partial charge in [-0.1, -0.05) is 19.8 Å². The monoisotopic (exact) mass is 196 g/mol. The lowest BCUT2D eigenvalue weighted by molar-refractivity contribution is -0.0179. The molecule has 0 aromatic rings. The van der Waals surface area contributed by atoms with Gasteiger partial charge >= 0.3 is 0 Å². The molecule has 2 aliphatic rings.